The molecule has 0 aliphatic carbocycles. The fraction of sp³-hybridized carbons (Fsp3) is 0.747. The smallest absolute Gasteiger partial charge is 0.142 e. The number of carbonyl (C=O) groups excluding carboxylic acids is 9. The molecule has 2 aromatic rings. The van der Waals surface area contributed by atoms with Crippen molar-refractivity contribution in [3.05, 3.63) is 54.1 Å². The Bertz CT molecular complexity index is 2760. The Morgan fingerprint density at radius 3 is 1.45 bits per heavy atom. The van der Waals surface area contributed by atoms with Gasteiger partial charge in [0, 0.05) is 164 Å². The zero-order valence-electron chi connectivity index (χ0n) is 70.0. The molecule has 23 nitrogen and oxygen atoms in total. The van der Waals surface area contributed by atoms with Crippen molar-refractivity contribution < 1.29 is 66.8 Å². The van der Waals surface area contributed by atoms with Crippen molar-refractivity contribution in [3.63, 3.8) is 0 Å². The highest BCUT2D eigenvalue weighted by Gasteiger charge is 2.29. The molecular formula is C83H141N9O14S3. The molecule has 0 aromatic heterocycles. The predicted molar refractivity (Wildman–Crippen MR) is 447 cm³/mol. The van der Waals surface area contributed by atoms with Gasteiger partial charge in [-0.2, -0.15) is 11.8 Å². The summed E-state index contributed by atoms with van der Waals surface area (Å²) < 4.78 is 26.9. The largest absolute Gasteiger partial charge is 0.489 e. The Morgan fingerprint density at radius 1 is 0.376 bits per heavy atom. The van der Waals surface area contributed by atoms with Crippen LogP contribution in [-0.2, 0) is 68.5 Å². The fourth-order valence-electron chi connectivity index (χ4n) is 13.6. The van der Waals surface area contributed by atoms with Crippen LogP contribution in [0.3, 0.4) is 0 Å². The molecular weight excluding hydrogens is 1440 g/mol. The lowest BCUT2D eigenvalue weighted by molar-refractivity contribution is -0.124. The average molecular weight is 1590 g/mol. The van der Waals surface area contributed by atoms with E-state index in [-0.39, 0.29) is 47.0 Å². The second-order valence-corrected chi connectivity index (χ2v) is 34.3. The molecule has 109 heavy (non-hydrogen) atoms. The maximum Gasteiger partial charge on any atom is 0.142 e. The molecule has 9 aliphatic rings. The van der Waals surface area contributed by atoms with Gasteiger partial charge in [-0.05, 0) is 218 Å². The van der Waals surface area contributed by atoms with Crippen molar-refractivity contribution in [3.8, 4) is 5.75 Å². The number of carbonyl (C=O) groups is 9. The Hall–Kier alpha value is -4.52. The van der Waals surface area contributed by atoms with E-state index in [0.29, 0.717) is 137 Å². The van der Waals surface area contributed by atoms with E-state index in [0.717, 1.165) is 120 Å². The lowest BCUT2D eigenvalue weighted by Gasteiger charge is -2.35. The molecule has 9 heterocycles. The van der Waals surface area contributed by atoms with Crippen molar-refractivity contribution in [1.82, 2.24) is 34.3 Å². The van der Waals surface area contributed by atoms with Crippen LogP contribution in [0.25, 0.3) is 0 Å². The van der Waals surface area contributed by atoms with Gasteiger partial charge in [0.2, 0.25) is 0 Å². The number of likely N-dealkylation sites (N-methyl/N-ethyl adjacent to an activating group) is 3. The summed E-state index contributed by atoms with van der Waals surface area (Å²) >= 11 is 5.81. The van der Waals surface area contributed by atoms with E-state index < -0.39 is 0 Å². The van der Waals surface area contributed by atoms with Crippen molar-refractivity contribution in [1.29, 1.82) is 0 Å². The van der Waals surface area contributed by atoms with Gasteiger partial charge in [-0.3, -0.25) is 67.7 Å². The van der Waals surface area contributed by atoms with Gasteiger partial charge in [0.15, 0.2) is 0 Å². The van der Waals surface area contributed by atoms with Crippen LogP contribution >= 0.6 is 35.3 Å². The lowest BCUT2D eigenvalue weighted by atomic mass is 9.93. The maximum absolute atomic E-state index is 11.1. The highest BCUT2D eigenvalue weighted by Crippen LogP contribution is 2.34. The van der Waals surface area contributed by atoms with Gasteiger partial charge in [0.05, 0.1) is 43.8 Å². The number of hydrogen-bond donors (Lipinski definition) is 0. The van der Waals surface area contributed by atoms with Crippen molar-refractivity contribution in [2.75, 3.05) is 181 Å². The number of anilines is 2. The summed E-state index contributed by atoms with van der Waals surface area (Å²) in [6, 6.07) is 18.9. The number of para-hydroxylation sites is 3. The molecule has 0 spiro atoms. The molecule has 9 aliphatic heterocycles. The topological polar surface area (TPSA) is 229 Å². The minimum atomic E-state index is 0.0185. The molecule has 11 rings (SSSR count). The number of Topliss-reactive ketones (excluding diaryl/α,β-unsaturated/α-hetero) is 9. The van der Waals surface area contributed by atoms with E-state index in [2.05, 4.69) is 104 Å². The maximum atomic E-state index is 11.1. The summed E-state index contributed by atoms with van der Waals surface area (Å²) in [5, 5.41) is 0.435. The molecule has 26 heteroatoms. The molecule has 7 saturated heterocycles. The molecule has 0 amide bonds. The molecule has 0 saturated carbocycles. The Morgan fingerprint density at radius 2 is 0.853 bits per heavy atom. The van der Waals surface area contributed by atoms with Crippen LogP contribution in [0, 0.1) is 0 Å². The van der Waals surface area contributed by atoms with Crippen molar-refractivity contribution >= 4 is 98.7 Å². The quantitative estimate of drug-likeness (QED) is 0.135. The van der Waals surface area contributed by atoms with Gasteiger partial charge >= 0.3 is 0 Å². The Balaban J connectivity index is 0.000000319. The van der Waals surface area contributed by atoms with Crippen molar-refractivity contribution in [2.24, 2.45) is 0 Å². The number of nitrogens with zero attached hydrogens (tertiary/aromatic N) is 9. The number of benzene rings is 2. The zero-order valence-corrected chi connectivity index (χ0v) is 72.5. The van der Waals surface area contributed by atoms with E-state index >= 15 is 0 Å². The first-order chi connectivity index (χ1) is 51.8. The third kappa shape index (κ3) is 42.4. The molecule has 0 radical (unpaired) electrons. The normalized spacial score (nSPS) is 24.8. The van der Waals surface area contributed by atoms with Crippen LogP contribution in [0.2, 0.25) is 0 Å². The summed E-state index contributed by atoms with van der Waals surface area (Å²) in [6.07, 6.45) is 16.2. The van der Waals surface area contributed by atoms with Gasteiger partial charge in [-0.1, -0.05) is 30.3 Å². The molecule has 0 bridgehead atoms. The van der Waals surface area contributed by atoms with Crippen LogP contribution in [0.15, 0.2) is 48.5 Å². The van der Waals surface area contributed by atoms with E-state index in [9.17, 15) is 43.2 Å². The molecule has 2 aromatic carbocycles. The third-order valence-corrected chi connectivity index (χ3v) is 24.2. The minimum absolute atomic E-state index is 0.0185. The highest BCUT2D eigenvalue weighted by atomic mass is 32.2. The molecule has 0 N–H and O–H groups in total. The van der Waals surface area contributed by atoms with Crippen LogP contribution in [0.4, 0.5) is 11.4 Å². The van der Waals surface area contributed by atoms with Gasteiger partial charge in [-0.15, -0.1) is 23.5 Å². The number of thioether (sulfide) groups is 3. The minimum Gasteiger partial charge on any atom is -0.489 e. The van der Waals surface area contributed by atoms with Crippen LogP contribution < -0.4 is 14.5 Å². The number of aryl methyl sites for hydroxylation is 1. The van der Waals surface area contributed by atoms with Crippen LogP contribution in [0.1, 0.15) is 177 Å². The van der Waals surface area contributed by atoms with Gasteiger partial charge < -0.3 is 43.3 Å². The van der Waals surface area contributed by atoms with Crippen LogP contribution in [0.5, 0.6) is 5.75 Å². The second kappa shape index (κ2) is 55.9. The monoisotopic (exact) mass is 1580 g/mol. The summed E-state index contributed by atoms with van der Waals surface area (Å²) in [5.41, 5.74) is 3.75. The first kappa shape index (κ1) is 98.7. The highest BCUT2D eigenvalue weighted by molar-refractivity contribution is 8.00. The van der Waals surface area contributed by atoms with Gasteiger partial charge in [-0.25, -0.2) is 0 Å². The zero-order chi connectivity index (χ0) is 81.0. The summed E-state index contributed by atoms with van der Waals surface area (Å²) in [7, 11) is 18.5. The standard InChI is InChI=1S/C13H17NO.C12H15NO2.2C9H17NO2.2C9H17NOS.C8H15NO2.C7H13NO2.C7H13NOS/c1-10(15)9-12-8-7-11-5-3-4-6-13(11)14(12)2;1-9(14)7-10-8-15-12-6-4-3-5-11(12)13(10)2;1-8(11)6-9-7-12-5-3-4-10(9)2;1-8(11)7-9-10(2)5-3-4-6-12-9;1-8(11)6-9-7-12-5-3-4-10(9)2;1-8(11)7-9-10(2)5-3-4-6-12-9;1-7(10)5-8-3-4-11-6-9(8)2;2*1-6(9)3-7-4-10-5-8(7)2/h3-6,12H,7-9H2,1-2H3;3-6,10H,7-8H2,1-2H3;4*9H,3-7H2,1-2H3;8H,3-6H2,1-2H3;2*7H,3-5H2,1-2H3. The van der Waals surface area contributed by atoms with E-state index in [4.69, 9.17) is 23.7 Å². The lowest BCUT2D eigenvalue weighted by Crippen LogP contribution is -2.41. The van der Waals surface area contributed by atoms with Gasteiger partial charge in [0.25, 0.3) is 0 Å². The number of ketones is 9. The summed E-state index contributed by atoms with van der Waals surface area (Å²) in [5.74, 6) is 9.05. The molecule has 620 valence electrons. The number of hydrogen-bond acceptors (Lipinski definition) is 26. The first-order valence-corrected chi connectivity index (χ1v) is 42.9. The van der Waals surface area contributed by atoms with Crippen molar-refractivity contribution in [2.45, 2.75) is 232 Å². The molecule has 9 unspecified atom stereocenters. The number of ether oxygens (including phenoxy) is 5. The van der Waals surface area contributed by atoms with E-state index in [1.165, 1.54) is 48.4 Å². The summed E-state index contributed by atoms with van der Waals surface area (Å²) in [6.45, 7) is 24.9. The fourth-order valence-corrected chi connectivity index (χ4v) is 17.4. The SMILES string of the molecule is CC(=O)CC1CCOCN1C.CC(=O)CC1CCc2ccccc2N1C.CC(=O)CC1COCCCN1C.CC(=O)CC1COCN1C.CC(=O)CC1COc2ccccc2N1C.CC(=O)CC1CSCCCN1C.CC(=O)CC1CSCN1C.CC(=O)CC1OCCCCN1C.CC(=O)CC1SCCCCN1C. The third-order valence-electron chi connectivity index (χ3n) is 20.3. The van der Waals surface area contributed by atoms with E-state index in [1.54, 1.807) is 62.3 Å². The second-order valence-electron chi connectivity index (χ2n) is 30.8. The number of fused-ring (bicyclic) bond motifs is 2. The average Bonchev–Trinajstić information content (AvgIpc) is 1.66. The van der Waals surface area contributed by atoms with E-state index in [1.807, 2.05) is 87.7 Å². The predicted octanol–water partition coefficient (Wildman–Crippen LogP) is 11.0. The van der Waals surface area contributed by atoms with Gasteiger partial charge in [0.1, 0.15) is 70.6 Å². The number of rotatable bonds is 18. The van der Waals surface area contributed by atoms with Crippen LogP contribution in [-0.4, -0.2) is 312 Å². The first-order valence-electron chi connectivity index (χ1n) is 39.5. The Kier molecular flexibility index (Phi) is 50.6. The summed E-state index contributed by atoms with van der Waals surface area (Å²) in [4.78, 5) is 118. The molecule has 7 fully saturated rings. The Labute approximate surface area is 669 Å². The molecule has 9 atom stereocenters.